The molecule has 0 amide bonds. The molecule has 0 aromatic carbocycles. The first kappa shape index (κ1) is 18.9. The fourth-order valence-corrected chi connectivity index (χ4v) is 2.80. The quantitative estimate of drug-likeness (QED) is 0.420. The van der Waals surface area contributed by atoms with E-state index in [1.807, 2.05) is 12.3 Å². The number of nitrogens with zero attached hydrogens (tertiary/aromatic N) is 2. The molecule has 0 saturated carbocycles. The van der Waals surface area contributed by atoms with E-state index in [0.717, 1.165) is 25.5 Å². The fraction of sp³-hybridized carbons (Fsp3) is 0.375. The predicted octanol–water partition coefficient (Wildman–Crippen LogP) is 3.27. The van der Waals surface area contributed by atoms with Crippen molar-refractivity contribution in [2.24, 2.45) is 4.99 Å². The van der Waals surface area contributed by atoms with Gasteiger partial charge in [0.25, 0.3) is 0 Å². The van der Waals surface area contributed by atoms with E-state index >= 15 is 0 Å². The highest BCUT2D eigenvalue weighted by Crippen LogP contribution is 2.19. The zero-order valence-corrected chi connectivity index (χ0v) is 16.1. The molecule has 2 aromatic rings. The molecule has 120 valence electrons. The molecule has 0 saturated heterocycles. The van der Waals surface area contributed by atoms with Crippen LogP contribution in [0.1, 0.15) is 23.3 Å². The van der Waals surface area contributed by atoms with Gasteiger partial charge in [-0.05, 0) is 29.5 Å². The molecule has 0 fully saturated rings. The van der Waals surface area contributed by atoms with Gasteiger partial charge in [-0.1, -0.05) is 19.1 Å². The third-order valence-corrected chi connectivity index (χ3v) is 4.36. The first-order chi connectivity index (χ1) is 10.3. The highest BCUT2D eigenvalue weighted by molar-refractivity contribution is 14.0. The number of hydrogen-bond donors (Lipinski definition) is 2. The van der Waals surface area contributed by atoms with Crippen LogP contribution in [0.4, 0.5) is 0 Å². The van der Waals surface area contributed by atoms with Gasteiger partial charge >= 0.3 is 0 Å². The lowest BCUT2D eigenvalue weighted by atomic mass is 10.1. The van der Waals surface area contributed by atoms with Crippen molar-refractivity contribution in [3.8, 4) is 0 Å². The second-order valence-electron chi connectivity index (χ2n) is 4.91. The molecule has 22 heavy (non-hydrogen) atoms. The molecule has 0 aliphatic heterocycles. The topological polar surface area (TPSA) is 49.3 Å². The highest BCUT2D eigenvalue weighted by atomic mass is 127. The predicted molar refractivity (Wildman–Crippen MR) is 105 cm³/mol. The molecule has 0 spiro atoms. The van der Waals surface area contributed by atoms with E-state index in [1.165, 1.54) is 10.4 Å². The molecular weight excluding hydrogens is 407 g/mol. The van der Waals surface area contributed by atoms with Crippen molar-refractivity contribution in [3.05, 3.63) is 52.5 Å². The maximum absolute atomic E-state index is 4.25. The lowest BCUT2D eigenvalue weighted by molar-refractivity contribution is 0.707. The smallest absolute Gasteiger partial charge is 0.191 e. The van der Waals surface area contributed by atoms with Crippen LogP contribution in [0.2, 0.25) is 0 Å². The second-order valence-corrected chi connectivity index (χ2v) is 5.89. The Morgan fingerprint density at radius 2 is 2.18 bits per heavy atom. The molecule has 0 radical (unpaired) electrons. The molecule has 1 unspecified atom stereocenters. The lowest BCUT2D eigenvalue weighted by Crippen LogP contribution is -2.39. The van der Waals surface area contributed by atoms with Crippen molar-refractivity contribution >= 4 is 41.3 Å². The van der Waals surface area contributed by atoms with Gasteiger partial charge in [0.15, 0.2) is 5.96 Å². The Morgan fingerprint density at radius 1 is 1.32 bits per heavy atom. The Balaban J connectivity index is 0.00000242. The van der Waals surface area contributed by atoms with Crippen molar-refractivity contribution in [1.82, 2.24) is 15.6 Å². The highest BCUT2D eigenvalue weighted by Gasteiger charge is 2.07. The maximum atomic E-state index is 4.25. The summed E-state index contributed by atoms with van der Waals surface area (Å²) in [6.45, 7) is 3.95. The van der Waals surface area contributed by atoms with E-state index in [4.69, 9.17) is 0 Å². The summed E-state index contributed by atoms with van der Waals surface area (Å²) < 4.78 is 0. The summed E-state index contributed by atoms with van der Waals surface area (Å²) in [7, 11) is 1.80. The third kappa shape index (κ3) is 6.31. The van der Waals surface area contributed by atoms with Crippen molar-refractivity contribution < 1.29 is 0 Å². The van der Waals surface area contributed by atoms with Crippen molar-refractivity contribution in [2.75, 3.05) is 20.1 Å². The standard InChI is InChI=1S/C16H22N4S.HI/c1-13(15-6-4-10-21-15)11-20-16(17-2)19-9-7-14-5-3-8-18-12-14;/h3-6,8,10,12-13H,7,9,11H2,1-2H3,(H2,17,19,20);1H. The Labute approximate surface area is 153 Å². The number of halogens is 1. The molecular formula is C16H23IN4S. The number of hydrogen-bond acceptors (Lipinski definition) is 3. The summed E-state index contributed by atoms with van der Waals surface area (Å²) in [6.07, 6.45) is 4.63. The Morgan fingerprint density at radius 3 is 2.82 bits per heavy atom. The molecule has 4 nitrogen and oxygen atoms in total. The van der Waals surface area contributed by atoms with Crippen LogP contribution in [0.3, 0.4) is 0 Å². The second kappa shape index (κ2) is 10.6. The van der Waals surface area contributed by atoms with Gasteiger partial charge in [0.1, 0.15) is 0 Å². The molecule has 6 heteroatoms. The van der Waals surface area contributed by atoms with E-state index in [0.29, 0.717) is 5.92 Å². The van der Waals surface area contributed by atoms with Gasteiger partial charge in [0.2, 0.25) is 0 Å². The lowest BCUT2D eigenvalue weighted by Gasteiger charge is -2.15. The largest absolute Gasteiger partial charge is 0.356 e. The summed E-state index contributed by atoms with van der Waals surface area (Å²) in [4.78, 5) is 9.77. The number of guanidine groups is 1. The Bertz CT molecular complexity index is 543. The zero-order chi connectivity index (χ0) is 14.9. The zero-order valence-electron chi connectivity index (χ0n) is 13.0. The van der Waals surface area contributed by atoms with Crippen molar-refractivity contribution in [1.29, 1.82) is 0 Å². The fourth-order valence-electron chi connectivity index (χ4n) is 2.01. The minimum Gasteiger partial charge on any atom is -0.356 e. The summed E-state index contributed by atoms with van der Waals surface area (Å²) in [5.74, 6) is 1.34. The van der Waals surface area contributed by atoms with Crippen LogP contribution < -0.4 is 10.6 Å². The van der Waals surface area contributed by atoms with Crippen molar-refractivity contribution in [2.45, 2.75) is 19.3 Å². The van der Waals surface area contributed by atoms with Crippen LogP contribution >= 0.6 is 35.3 Å². The van der Waals surface area contributed by atoms with E-state index in [1.54, 1.807) is 24.6 Å². The van der Waals surface area contributed by atoms with Crippen LogP contribution in [0.25, 0.3) is 0 Å². The summed E-state index contributed by atoms with van der Waals surface area (Å²) in [5, 5.41) is 8.82. The first-order valence-electron chi connectivity index (χ1n) is 7.16. The van der Waals surface area contributed by atoms with Gasteiger partial charge in [0, 0.05) is 43.3 Å². The molecule has 0 aliphatic carbocycles. The summed E-state index contributed by atoms with van der Waals surface area (Å²) >= 11 is 1.80. The van der Waals surface area contributed by atoms with Gasteiger partial charge < -0.3 is 10.6 Å². The average Bonchev–Trinajstić information content (AvgIpc) is 3.06. The maximum Gasteiger partial charge on any atom is 0.191 e. The number of aliphatic imine (C=N–C) groups is 1. The molecule has 2 heterocycles. The molecule has 1 atom stereocenters. The molecule has 2 aromatic heterocycles. The number of pyridine rings is 1. The Kier molecular flexibility index (Phi) is 9.07. The van der Waals surface area contributed by atoms with E-state index in [2.05, 4.69) is 51.1 Å². The number of thiophene rings is 1. The summed E-state index contributed by atoms with van der Waals surface area (Å²) in [5.41, 5.74) is 1.23. The van der Waals surface area contributed by atoms with Gasteiger partial charge in [-0.25, -0.2) is 0 Å². The van der Waals surface area contributed by atoms with Crippen LogP contribution in [0.5, 0.6) is 0 Å². The summed E-state index contributed by atoms with van der Waals surface area (Å²) in [6, 6.07) is 8.32. The molecule has 2 rings (SSSR count). The van der Waals surface area contributed by atoms with E-state index in [-0.39, 0.29) is 24.0 Å². The van der Waals surface area contributed by atoms with E-state index < -0.39 is 0 Å². The van der Waals surface area contributed by atoms with Gasteiger partial charge in [-0.15, -0.1) is 35.3 Å². The molecule has 0 aliphatic rings. The monoisotopic (exact) mass is 430 g/mol. The Hall–Kier alpha value is -1.15. The average molecular weight is 430 g/mol. The van der Waals surface area contributed by atoms with Crippen LogP contribution in [0, 0.1) is 0 Å². The number of rotatable bonds is 6. The van der Waals surface area contributed by atoms with Crippen LogP contribution in [0.15, 0.2) is 47.0 Å². The van der Waals surface area contributed by atoms with Crippen molar-refractivity contribution in [3.63, 3.8) is 0 Å². The normalized spacial score (nSPS) is 12.4. The van der Waals surface area contributed by atoms with Gasteiger partial charge in [-0.3, -0.25) is 9.98 Å². The van der Waals surface area contributed by atoms with Gasteiger partial charge in [-0.2, -0.15) is 0 Å². The molecule has 0 bridgehead atoms. The minimum absolute atomic E-state index is 0. The van der Waals surface area contributed by atoms with Crippen LogP contribution in [-0.2, 0) is 6.42 Å². The first-order valence-corrected chi connectivity index (χ1v) is 8.04. The number of aromatic nitrogens is 1. The minimum atomic E-state index is 0. The number of nitrogens with one attached hydrogen (secondary N) is 2. The SMILES string of the molecule is CN=C(NCCc1cccnc1)NCC(C)c1cccs1.I. The molecule has 2 N–H and O–H groups in total. The van der Waals surface area contributed by atoms with E-state index in [9.17, 15) is 0 Å². The van der Waals surface area contributed by atoms with Gasteiger partial charge in [0.05, 0.1) is 0 Å². The third-order valence-electron chi connectivity index (χ3n) is 3.26. The van der Waals surface area contributed by atoms with Crippen LogP contribution in [-0.4, -0.2) is 31.1 Å².